The highest BCUT2D eigenvalue weighted by Gasteiger charge is 2.56. The fourth-order valence-electron chi connectivity index (χ4n) is 9.57. The van der Waals surface area contributed by atoms with Crippen molar-refractivity contribution in [3.8, 4) is 0 Å². The van der Waals surface area contributed by atoms with Gasteiger partial charge in [-0.15, -0.1) is 6.58 Å². The molecule has 1 saturated carbocycles. The number of hydrogen-bond donors (Lipinski definition) is 3. The van der Waals surface area contributed by atoms with Crippen molar-refractivity contribution >= 4 is 23.4 Å². The van der Waals surface area contributed by atoms with Gasteiger partial charge in [0, 0.05) is 46.1 Å². The van der Waals surface area contributed by atoms with Crippen LogP contribution in [0.4, 0.5) is 0 Å². The van der Waals surface area contributed by atoms with Gasteiger partial charge < -0.3 is 43.9 Å². The van der Waals surface area contributed by atoms with Gasteiger partial charge in [0.1, 0.15) is 18.2 Å². The Hall–Kier alpha value is -2.78. The highest BCUT2D eigenvalue weighted by atomic mass is 16.7. The number of methoxy groups -OCH3 is 3. The first-order chi connectivity index (χ1) is 27.5. The molecular weight excluding hydrogens is 746 g/mol. The van der Waals surface area contributed by atoms with Crippen molar-refractivity contribution in [1.29, 1.82) is 0 Å². The number of hydrogen-bond acceptors (Lipinski definition) is 12. The zero-order valence-electron chi connectivity index (χ0n) is 36.1. The molecule has 3 heterocycles. The second-order valence-electron chi connectivity index (χ2n) is 17.6. The van der Waals surface area contributed by atoms with Crippen molar-refractivity contribution < 1.29 is 58.2 Å². The zero-order chi connectivity index (χ0) is 42.9. The van der Waals surface area contributed by atoms with Crippen LogP contribution in [-0.4, -0.2) is 126 Å². The van der Waals surface area contributed by atoms with Crippen LogP contribution in [0.3, 0.4) is 0 Å². The summed E-state index contributed by atoms with van der Waals surface area (Å²) in [5.41, 5.74) is 1.20. The summed E-state index contributed by atoms with van der Waals surface area (Å²) in [5.74, 6) is -7.06. The number of ether oxygens (including phenoxy) is 5. The molecular formula is C45H71NO12. The zero-order valence-corrected chi connectivity index (χ0v) is 36.1. The molecule has 3 fully saturated rings. The molecule has 0 spiro atoms. The Kier molecular flexibility index (Phi) is 17.9. The summed E-state index contributed by atoms with van der Waals surface area (Å²) in [6.45, 7) is 13.3. The number of fused-ring (bicyclic) bond motifs is 3. The molecule has 0 aromatic heterocycles. The van der Waals surface area contributed by atoms with Gasteiger partial charge in [0.15, 0.2) is 5.78 Å². The third kappa shape index (κ3) is 11.5. The number of Topliss-reactive ketones (excluding diaryl/α,β-unsaturated/α-hetero) is 2. The van der Waals surface area contributed by atoms with Gasteiger partial charge in [0.05, 0.1) is 30.5 Å². The van der Waals surface area contributed by atoms with Gasteiger partial charge in [-0.25, -0.2) is 4.79 Å². The highest BCUT2D eigenvalue weighted by Crippen LogP contribution is 2.39. The van der Waals surface area contributed by atoms with Gasteiger partial charge in [-0.1, -0.05) is 45.9 Å². The van der Waals surface area contributed by atoms with Gasteiger partial charge >= 0.3 is 5.97 Å². The van der Waals surface area contributed by atoms with Crippen LogP contribution >= 0.6 is 0 Å². The summed E-state index contributed by atoms with van der Waals surface area (Å²) in [7, 11) is 4.64. The molecule has 3 aliphatic heterocycles. The summed E-state index contributed by atoms with van der Waals surface area (Å²) in [6.07, 6.45) is 5.89. The smallest absolute Gasteiger partial charge is 0.329 e. The molecule has 0 radical (unpaired) electrons. The first kappa shape index (κ1) is 47.9. The van der Waals surface area contributed by atoms with E-state index in [0.29, 0.717) is 62.5 Å². The fourth-order valence-corrected chi connectivity index (χ4v) is 9.57. The van der Waals surface area contributed by atoms with E-state index >= 15 is 0 Å². The Bertz CT molecular complexity index is 1500. The maximum atomic E-state index is 14.3. The van der Waals surface area contributed by atoms with Crippen LogP contribution in [0.2, 0.25) is 0 Å². The second-order valence-corrected chi connectivity index (χ2v) is 17.6. The molecule has 14 atom stereocenters. The number of ketones is 2. The topological polar surface area (TPSA) is 178 Å². The van der Waals surface area contributed by atoms with E-state index in [4.69, 9.17) is 23.7 Å². The summed E-state index contributed by atoms with van der Waals surface area (Å²) in [5, 5.41) is 34.2. The Morgan fingerprint density at radius 3 is 2.24 bits per heavy atom. The van der Waals surface area contributed by atoms with Crippen LogP contribution in [0.25, 0.3) is 0 Å². The third-order valence-electron chi connectivity index (χ3n) is 13.2. The van der Waals surface area contributed by atoms with Crippen molar-refractivity contribution in [3.05, 3.63) is 36.0 Å². The van der Waals surface area contributed by atoms with Crippen molar-refractivity contribution in [1.82, 2.24) is 4.90 Å². The number of carbonyl (C=O) groups is 4. The molecule has 13 heteroatoms. The molecule has 1 amide bonds. The lowest BCUT2D eigenvalue weighted by Gasteiger charge is -2.46. The summed E-state index contributed by atoms with van der Waals surface area (Å²) in [6, 6.07) is -1.14. The van der Waals surface area contributed by atoms with Gasteiger partial charge in [-0.05, 0) is 106 Å². The largest absolute Gasteiger partial charge is 0.456 e. The number of piperidine rings is 1. The number of aliphatic hydroxyl groups is 3. The quantitative estimate of drug-likeness (QED) is 0.178. The van der Waals surface area contributed by atoms with E-state index in [1.165, 1.54) is 19.1 Å². The minimum atomic E-state index is -2.50. The predicted octanol–water partition coefficient (Wildman–Crippen LogP) is 5.03. The van der Waals surface area contributed by atoms with E-state index in [2.05, 4.69) is 13.5 Å². The van der Waals surface area contributed by atoms with Gasteiger partial charge in [-0.2, -0.15) is 0 Å². The lowest BCUT2D eigenvalue weighted by Crippen LogP contribution is -2.64. The molecule has 0 aromatic carbocycles. The molecule has 2 bridgehead atoms. The van der Waals surface area contributed by atoms with E-state index in [-0.39, 0.29) is 55.4 Å². The minimum absolute atomic E-state index is 0.0109. The second kappa shape index (κ2) is 21.7. The van der Waals surface area contributed by atoms with Crippen LogP contribution < -0.4 is 0 Å². The van der Waals surface area contributed by atoms with Crippen LogP contribution in [0.5, 0.6) is 0 Å². The first-order valence-electron chi connectivity index (χ1n) is 21.4. The number of carbonyl (C=O) groups excluding carboxylic acids is 4. The van der Waals surface area contributed by atoms with E-state index in [1.54, 1.807) is 27.0 Å². The normalized spacial score (nSPS) is 39.8. The average Bonchev–Trinajstić information content (AvgIpc) is 3.20. The molecule has 14 unspecified atom stereocenters. The Morgan fingerprint density at radius 1 is 0.897 bits per heavy atom. The molecule has 4 rings (SSSR count). The molecule has 328 valence electrons. The van der Waals surface area contributed by atoms with Crippen LogP contribution in [-0.2, 0) is 42.9 Å². The Balaban J connectivity index is 1.77. The Morgan fingerprint density at radius 2 is 1.59 bits per heavy atom. The third-order valence-corrected chi connectivity index (χ3v) is 13.2. The summed E-state index contributed by atoms with van der Waals surface area (Å²) >= 11 is 0. The maximum absolute atomic E-state index is 14.3. The monoisotopic (exact) mass is 817 g/mol. The Labute approximate surface area is 345 Å². The number of aliphatic hydroxyl groups excluding tert-OH is 2. The molecule has 3 N–H and O–H groups in total. The molecule has 1 aliphatic carbocycles. The highest BCUT2D eigenvalue weighted by molar-refractivity contribution is 6.39. The van der Waals surface area contributed by atoms with Crippen molar-refractivity contribution in [2.24, 2.45) is 29.6 Å². The predicted molar refractivity (Wildman–Crippen MR) is 217 cm³/mol. The van der Waals surface area contributed by atoms with Crippen LogP contribution in [0, 0.1) is 29.6 Å². The van der Waals surface area contributed by atoms with E-state index in [9.17, 15) is 34.5 Å². The van der Waals surface area contributed by atoms with E-state index in [1.807, 2.05) is 26.0 Å². The van der Waals surface area contributed by atoms with Crippen LogP contribution in [0.1, 0.15) is 112 Å². The number of nitrogens with zero attached hydrogens (tertiary/aromatic N) is 1. The van der Waals surface area contributed by atoms with Crippen LogP contribution in [0.15, 0.2) is 36.0 Å². The number of cyclic esters (lactones) is 1. The number of allylic oxidation sites excluding steroid dienone is 4. The molecule has 58 heavy (non-hydrogen) atoms. The van der Waals surface area contributed by atoms with Gasteiger partial charge in [0.25, 0.3) is 11.7 Å². The lowest BCUT2D eigenvalue weighted by atomic mass is 9.81. The fraction of sp³-hybridized carbons (Fsp3) is 0.778. The summed E-state index contributed by atoms with van der Waals surface area (Å²) in [4.78, 5) is 57.8. The molecule has 4 aliphatic rings. The van der Waals surface area contributed by atoms with Crippen molar-refractivity contribution in [2.45, 2.75) is 166 Å². The molecule has 0 aromatic rings. The minimum Gasteiger partial charge on any atom is -0.456 e. The maximum Gasteiger partial charge on any atom is 0.329 e. The van der Waals surface area contributed by atoms with E-state index < -0.39 is 77.9 Å². The van der Waals surface area contributed by atoms with E-state index in [0.717, 1.165) is 6.42 Å². The first-order valence-corrected chi connectivity index (χ1v) is 21.4. The standard InChI is InChI=1S/C45H71NO12/c1-10-13-32-21-27(3)20-26(2)15-18-37(54-7)41-39(56-9)23-29(5)45(53,58-41)42(50)43(51)46-19-12-11-14-33(46)44(52)57-40(30(6)35(48)25-36(32)49)28(4)22-31-16-17-34(47)38(24-31)55-8/h10,21-22,26-27,29-31,33-35,37-41,47-48,53H,1,11-20,23-25H2,2-9H3. The number of rotatable bonds is 7. The number of amides is 1. The number of esters is 1. The average molecular weight is 818 g/mol. The van der Waals surface area contributed by atoms with Crippen molar-refractivity contribution in [3.63, 3.8) is 0 Å². The van der Waals surface area contributed by atoms with Crippen molar-refractivity contribution in [2.75, 3.05) is 27.9 Å². The SMILES string of the molecule is C=CCC1=CC(C)CC(C)CCC(OC)C2OC(O)(C(=O)C(=O)N3CCCCC3C(=O)OC(C(C)=CC3CCC(O)C(OC)C3)C(C)C(O)CC1=O)C(C)CC2OC. The lowest BCUT2D eigenvalue weighted by molar-refractivity contribution is -0.302. The molecule has 13 nitrogen and oxygen atoms in total. The summed E-state index contributed by atoms with van der Waals surface area (Å²) < 4.78 is 29.8. The molecule has 2 saturated heterocycles. The van der Waals surface area contributed by atoms with Gasteiger partial charge in [-0.3, -0.25) is 14.4 Å². The van der Waals surface area contributed by atoms with Gasteiger partial charge in [0.2, 0.25) is 5.79 Å².